The number of benzene rings is 2. The zero-order valence-corrected chi connectivity index (χ0v) is 15.5. The van der Waals surface area contributed by atoms with Gasteiger partial charge in [-0.3, -0.25) is 4.90 Å². The van der Waals surface area contributed by atoms with Gasteiger partial charge in [-0.1, -0.05) is 24.3 Å². The van der Waals surface area contributed by atoms with Gasteiger partial charge in [-0.25, -0.2) is 12.8 Å². The number of hydrogen-bond donors (Lipinski definition) is 0. The molecule has 0 amide bonds. The predicted octanol–water partition coefficient (Wildman–Crippen LogP) is 4.05. The van der Waals surface area contributed by atoms with Crippen LogP contribution in [-0.2, 0) is 9.84 Å². The standard InChI is InChI=1S/C20H24FNO2S/c1-15-8-9-16(2)20(13-15)25(23,24)12-11-22-10-4-7-19(22)17-5-3-6-18(21)14-17/h3,5-6,8-9,13-14,19H,4,7,10-12H2,1-2H3. The van der Waals surface area contributed by atoms with Gasteiger partial charge in [0.1, 0.15) is 5.82 Å². The molecule has 1 unspecified atom stereocenters. The van der Waals surface area contributed by atoms with Crippen LogP contribution in [0.3, 0.4) is 0 Å². The fourth-order valence-electron chi connectivity index (χ4n) is 3.57. The summed E-state index contributed by atoms with van der Waals surface area (Å²) in [6, 6.07) is 12.3. The number of hydrogen-bond acceptors (Lipinski definition) is 3. The highest BCUT2D eigenvalue weighted by Gasteiger charge is 2.28. The average Bonchev–Trinajstić information content (AvgIpc) is 3.04. The van der Waals surface area contributed by atoms with Crippen molar-refractivity contribution < 1.29 is 12.8 Å². The summed E-state index contributed by atoms with van der Waals surface area (Å²) < 4.78 is 39.1. The topological polar surface area (TPSA) is 37.4 Å². The Bertz CT molecular complexity index is 864. The van der Waals surface area contributed by atoms with Crippen LogP contribution in [0.1, 0.15) is 35.6 Å². The van der Waals surface area contributed by atoms with E-state index in [9.17, 15) is 12.8 Å². The Morgan fingerprint density at radius 3 is 2.72 bits per heavy atom. The lowest BCUT2D eigenvalue weighted by atomic mass is 10.0. The third-order valence-electron chi connectivity index (χ3n) is 4.92. The van der Waals surface area contributed by atoms with E-state index in [0.717, 1.165) is 36.1 Å². The first kappa shape index (κ1) is 18.1. The van der Waals surface area contributed by atoms with Gasteiger partial charge in [0.05, 0.1) is 10.6 Å². The first-order valence-corrected chi connectivity index (χ1v) is 10.3. The van der Waals surface area contributed by atoms with Crippen LogP contribution in [0, 0.1) is 19.7 Å². The molecule has 1 saturated heterocycles. The van der Waals surface area contributed by atoms with Gasteiger partial charge in [0.15, 0.2) is 9.84 Å². The first-order chi connectivity index (χ1) is 11.9. The Morgan fingerprint density at radius 1 is 1.16 bits per heavy atom. The molecule has 1 aliphatic heterocycles. The number of halogens is 1. The van der Waals surface area contributed by atoms with Crippen molar-refractivity contribution in [2.24, 2.45) is 0 Å². The molecule has 0 aliphatic carbocycles. The number of rotatable bonds is 5. The highest BCUT2D eigenvalue weighted by molar-refractivity contribution is 7.91. The molecule has 0 saturated carbocycles. The monoisotopic (exact) mass is 361 g/mol. The Hall–Kier alpha value is -1.72. The smallest absolute Gasteiger partial charge is 0.179 e. The number of likely N-dealkylation sites (tertiary alicyclic amines) is 1. The molecule has 0 spiro atoms. The van der Waals surface area contributed by atoms with E-state index in [-0.39, 0.29) is 17.6 Å². The molecule has 0 N–H and O–H groups in total. The molecule has 0 bridgehead atoms. The second-order valence-corrected chi connectivity index (χ2v) is 8.91. The van der Waals surface area contributed by atoms with Crippen molar-refractivity contribution in [2.45, 2.75) is 37.6 Å². The van der Waals surface area contributed by atoms with Gasteiger partial charge < -0.3 is 0 Å². The summed E-state index contributed by atoms with van der Waals surface area (Å²) in [4.78, 5) is 2.59. The quantitative estimate of drug-likeness (QED) is 0.806. The zero-order chi connectivity index (χ0) is 18.0. The maximum atomic E-state index is 13.5. The van der Waals surface area contributed by atoms with Gasteiger partial charge in [-0.2, -0.15) is 0 Å². The molecule has 2 aromatic rings. The van der Waals surface area contributed by atoms with E-state index in [1.54, 1.807) is 18.2 Å². The van der Waals surface area contributed by atoms with Crippen LogP contribution in [0.25, 0.3) is 0 Å². The van der Waals surface area contributed by atoms with Crippen LogP contribution < -0.4 is 0 Å². The molecule has 0 radical (unpaired) electrons. The van der Waals surface area contributed by atoms with Crippen molar-refractivity contribution in [2.75, 3.05) is 18.8 Å². The minimum Gasteiger partial charge on any atom is -0.295 e. The van der Waals surface area contributed by atoms with Crippen LogP contribution in [0.5, 0.6) is 0 Å². The summed E-state index contributed by atoms with van der Waals surface area (Å²) >= 11 is 0. The first-order valence-electron chi connectivity index (χ1n) is 8.66. The van der Waals surface area contributed by atoms with Gasteiger partial charge in [-0.05, 0) is 68.1 Å². The number of sulfone groups is 1. The van der Waals surface area contributed by atoms with Crippen molar-refractivity contribution in [1.82, 2.24) is 4.90 Å². The molecule has 1 heterocycles. The van der Waals surface area contributed by atoms with E-state index in [1.165, 1.54) is 6.07 Å². The van der Waals surface area contributed by atoms with E-state index in [4.69, 9.17) is 0 Å². The number of aryl methyl sites for hydroxylation is 2. The molecule has 3 rings (SSSR count). The Labute approximate surface area is 149 Å². The maximum absolute atomic E-state index is 13.5. The molecule has 1 fully saturated rings. The van der Waals surface area contributed by atoms with E-state index in [0.29, 0.717) is 11.4 Å². The van der Waals surface area contributed by atoms with Crippen molar-refractivity contribution >= 4 is 9.84 Å². The van der Waals surface area contributed by atoms with E-state index in [1.807, 2.05) is 32.0 Å². The second-order valence-electron chi connectivity index (χ2n) is 6.84. The largest absolute Gasteiger partial charge is 0.295 e. The summed E-state index contributed by atoms with van der Waals surface area (Å²) in [7, 11) is -3.33. The molecule has 25 heavy (non-hydrogen) atoms. The SMILES string of the molecule is Cc1ccc(C)c(S(=O)(=O)CCN2CCCC2c2cccc(F)c2)c1. The van der Waals surface area contributed by atoms with Crippen LogP contribution in [0.15, 0.2) is 47.4 Å². The van der Waals surface area contributed by atoms with Crippen molar-refractivity contribution in [3.63, 3.8) is 0 Å². The zero-order valence-electron chi connectivity index (χ0n) is 14.7. The fourth-order valence-corrected chi connectivity index (χ4v) is 5.19. The molecule has 3 nitrogen and oxygen atoms in total. The van der Waals surface area contributed by atoms with Crippen molar-refractivity contribution in [1.29, 1.82) is 0 Å². The van der Waals surface area contributed by atoms with Crippen LogP contribution in [0.4, 0.5) is 4.39 Å². The van der Waals surface area contributed by atoms with Gasteiger partial charge in [0.2, 0.25) is 0 Å². The minimum absolute atomic E-state index is 0.0864. The molecule has 0 aromatic heterocycles. The predicted molar refractivity (Wildman–Crippen MR) is 97.9 cm³/mol. The van der Waals surface area contributed by atoms with Crippen LogP contribution in [0.2, 0.25) is 0 Å². The van der Waals surface area contributed by atoms with Gasteiger partial charge in [-0.15, -0.1) is 0 Å². The van der Waals surface area contributed by atoms with Crippen molar-refractivity contribution in [3.8, 4) is 0 Å². The van der Waals surface area contributed by atoms with Crippen LogP contribution in [-0.4, -0.2) is 32.2 Å². The van der Waals surface area contributed by atoms with Crippen LogP contribution >= 0.6 is 0 Å². The van der Waals surface area contributed by atoms with E-state index >= 15 is 0 Å². The summed E-state index contributed by atoms with van der Waals surface area (Å²) in [6.45, 7) is 5.05. The summed E-state index contributed by atoms with van der Waals surface area (Å²) in [5.74, 6) is -0.157. The highest BCUT2D eigenvalue weighted by Crippen LogP contribution is 2.32. The average molecular weight is 361 g/mol. The highest BCUT2D eigenvalue weighted by atomic mass is 32.2. The van der Waals surface area contributed by atoms with E-state index < -0.39 is 9.84 Å². The lowest BCUT2D eigenvalue weighted by molar-refractivity contribution is 0.272. The van der Waals surface area contributed by atoms with E-state index in [2.05, 4.69) is 4.90 Å². The Kier molecular flexibility index (Phi) is 5.25. The second kappa shape index (κ2) is 7.26. The molecular weight excluding hydrogens is 337 g/mol. The minimum atomic E-state index is -3.33. The molecule has 2 aromatic carbocycles. The van der Waals surface area contributed by atoms with Crippen molar-refractivity contribution in [3.05, 3.63) is 65.0 Å². The maximum Gasteiger partial charge on any atom is 0.179 e. The molecule has 1 atom stereocenters. The Balaban J connectivity index is 1.75. The lowest BCUT2D eigenvalue weighted by Crippen LogP contribution is -2.29. The third kappa shape index (κ3) is 4.10. The molecule has 134 valence electrons. The summed E-state index contributed by atoms with van der Waals surface area (Å²) in [5.41, 5.74) is 2.67. The van der Waals surface area contributed by atoms with Gasteiger partial charge in [0.25, 0.3) is 0 Å². The molecule has 5 heteroatoms. The lowest BCUT2D eigenvalue weighted by Gasteiger charge is -2.25. The molecular formula is C20H24FNO2S. The summed E-state index contributed by atoms with van der Waals surface area (Å²) in [5, 5.41) is 0. The summed E-state index contributed by atoms with van der Waals surface area (Å²) in [6.07, 6.45) is 1.94. The fraction of sp³-hybridized carbons (Fsp3) is 0.400. The molecule has 1 aliphatic rings. The Morgan fingerprint density at radius 2 is 1.96 bits per heavy atom. The van der Waals surface area contributed by atoms with Gasteiger partial charge >= 0.3 is 0 Å². The normalized spacial score (nSPS) is 18.6. The third-order valence-corrected chi connectivity index (χ3v) is 6.75. The number of nitrogens with zero attached hydrogens (tertiary/aromatic N) is 1. The van der Waals surface area contributed by atoms with Gasteiger partial charge in [0, 0.05) is 12.6 Å².